The van der Waals surface area contributed by atoms with E-state index in [-0.39, 0.29) is 29.4 Å². The highest BCUT2D eigenvalue weighted by Gasteiger charge is 2.24. The third-order valence-electron chi connectivity index (χ3n) is 7.12. The van der Waals surface area contributed by atoms with Gasteiger partial charge >= 0.3 is 0 Å². The maximum absolute atomic E-state index is 13.0. The van der Waals surface area contributed by atoms with Crippen molar-refractivity contribution in [3.8, 4) is 0 Å². The first-order valence-electron chi connectivity index (χ1n) is 13.7. The number of carbonyl (C=O) groups is 4. The van der Waals surface area contributed by atoms with E-state index in [9.17, 15) is 19.2 Å². The van der Waals surface area contributed by atoms with Gasteiger partial charge in [0, 0.05) is 52.2 Å². The van der Waals surface area contributed by atoms with E-state index in [1.54, 1.807) is 54.8 Å². The van der Waals surface area contributed by atoms with Crippen molar-refractivity contribution in [1.82, 2.24) is 28.9 Å². The average Bonchev–Trinajstić information content (AvgIpc) is 3.69. The summed E-state index contributed by atoms with van der Waals surface area (Å²) in [5.74, 6) is -0.873. The summed E-state index contributed by atoms with van der Waals surface area (Å²) < 4.78 is 4.78. The lowest BCUT2D eigenvalue weighted by Crippen LogP contribution is -2.28. The van der Waals surface area contributed by atoms with Crippen molar-refractivity contribution in [1.29, 1.82) is 0 Å². The normalized spacial score (nSPS) is 13.4. The molecule has 1 aliphatic carbocycles. The summed E-state index contributed by atoms with van der Waals surface area (Å²) in [6.45, 7) is 1.41. The van der Waals surface area contributed by atoms with Gasteiger partial charge in [0.05, 0.1) is 11.4 Å². The molecule has 4 rings (SSSR count). The molecule has 0 unspecified atom stereocenters. The summed E-state index contributed by atoms with van der Waals surface area (Å²) in [4.78, 5) is 57.3. The van der Waals surface area contributed by atoms with Gasteiger partial charge in [-0.2, -0.15) is 0 Å². The van der Waals surface area contributed by atoms with Gasteiger partial charge in [-0.3, -0.25) is 19.2 Å². The van der Waals surface area contributed by atoms with Crippen LogP contribution in [0.1, 0.15) is 63.7 Å². The summed E-state index contributed by atoms with van der Waals surface area (Å²) in [7, 11) is 9.05. The number of imidazole rings is 1. The number of anilines is 3. The predicted molar refractivity (Wildman–Crippen MR) is 156 cm³/mol. The Kier molecular flexibility index (Phi) is 9.28. The molecular formula is C28H39N9O4. The van der Waals surface area contributed by atoms with E-state index < -0.39 is 11.8 Å². The SMILES string of the molecule is CN(C)CCCNC(=O)c1cc(NC(=O)c2nc(NC(=O)c3cc(NC(=O)C4CCCC4)cn3C)cn2C)cn1C. The minimum Gasteiger partial charge on any atom is -0.351 e. The first-order chi connectivity index (χ1) is 19.5. The first-order valence-corrected chi connectivity index (χ1v) is 13.7. The van der Waals surface area contributed by atoms with E-state index >= 15 is 0 Å². The molecule has 1 aliphatic rings. The number of carbonyl (C=O) groups excluding carboxylic acids is 4. The molecule has 0 aliphatic heterocycles. The second kappa shape index (κ2) is 12.9. The zero-order valence-corrected chi connectivity index (χ0v) is 24.3. The van der Waals surface area contributed by atoms with Crippen molar-refractivity contribution in [3.05, 3.63) is 47.9 Å². The number of aromatic nitrogens is 4. The molecule has 4 N–H and O–H groups in total. The minimum absolute atomic E-state index is 0.0169. The largest absolute Gasteiger partial charge is 0.351 e. The number of nitrogens with one attached hydrogen (secondary N) is 4. The smallest absolute Gasteiger partial charge is 0.291 e. The highest BCUT2D eigenvalue weighted by molar-refractivity contribution is 6.06. The van der Waals surface area contributed by atoms with E-state index in [0.29, 0.717) is 29.3 Å². The molecule has 0 aromatic carbocycles. The summed E-state index contributed by atoms with van der Waals surface area (Å²) in [6.07, 6.45) is 9.60. The Morgan fingerprint density at radius 2 is 1.44 bits per heavy atom. The fourth-order valence-corrected chi connectivity index (χ4v) is 4.94. The Morgan fingerprint density at radius 3 is 2.07 bits per heavy atom. The second-order valence-electron chi connectivity index (χ2n) is 10.8. The number of nitrogens with zero attached hydrogens (tertiary/aromatic N) is 5. The van der Waals surface area contributed by atoms with Crippen LogP contribution in [0.3, 0.4) is 0 Å². The zero-order valence-electron chi connectivity index (χ0n) is 24.3. The molecule has 0 bridgehead atoms. The van der Waals surface area contributed by atoms with Gasteiger partial charge < -0.3 is 39.9 Å². The van der Waals surface area contributed by atoms with Crippen molar-refractivity contribution in [2.45, 2.75) is 32.1 Å². The van der Waals surface area contributed by atoms with Crippen LogP contribution in [0.15, 0.2) is 30.7 Å². The van der Waals surface area contributed by atoms with Gasteiger partial charge in [-0.05, 0) is 52.0 Å². The van der Waals surface area contributed by atoms with Crippen LogP contribution in [0, 0.1) is 5.92 Å². The van der Waals surface area contributed by atoms with Crippen LogP contribution in [-0.4, -0.2) is 74.4 Å². The van der Waals surface area contributed by atoms with Crippen LogP contribution in [0.5, 0.6) is 0 Å². The molecule has 220 valence electrons. The molecule has 41 heavy (non-hydrogen) atoms. The average molecular weight is 566 g/mol. The molecular weight excluding hydrogens is 526 g/mol. The van der Waals surface area contributed by atoms with E-state index in [0.717, 1.165) is 38.6 Å². The van der Waals surface area contributed by atoms with Crippen molar-refractivity contribution >= 4 is 40.8 Å². The van der Waals surface area contributed by atoms with Crippen LogP contribution in [-0.2, 0) is 25.9 Å². The van der Waals surface area contributed by atoms with Crippen molar-refractivity contribution in [2.24, 2.45) is 27.1 Å². The van der Waals surface area contributed by atoms with Crippen LogP contribution >= 0.6 is 0 Å². The van der Waals surface area contributed by atoms with Crippen LogP contribution < -0.4 is 21.3 Å². The van der Waals surface area contributed by atoms with Crippen LogP contribution in [0.4, 0.5) is 17.2 Å². The maximum atomic E-state index is 13.0. The van der Waals surface area contributed by atoms with E-state index in [4.69, 9.17) is 0 Å². The van der Waals surface area contributed by atoms with Crippen LogP contribution in [0.25, 0.3) is 0 Å². The lowest BCUT2D eigenvalue weighted by atomic mass is 10.1. The van der Waals surface area contributed by atoms with Gasteiger partial charge in [0.1, 0.15) is 11.4 Å². The molecule has 0 atom stereocenters. The lowest BCUT2D eigenvalue weighted by Gasteiger charge is -2.10. The first kappa shape index (κ1) is 29.6. The molecule has 13 nitrogen and oxygen atoms in total. The Hall–Kier alpha value is -4.39. The number of amides is 4. The number of aryl methyl sites for hydroxylation is 3. The molecule has 3 aromatic heterocycles. The van der Waals surface area contributed by atoms with Gasteiger partial charge in [0.2, 0.25) is 11.7 Å². The predicted octanol–water partition coefficient (Wildman–Crippen LogP) is 2.41. The van der Waals surface area contributed by atoms with Gasteiger partial charge in [-0.1, -0.05) is 12.8 Å². The highest BCUT2D eigenvalue weighted by atomic mass is 16.2. The Labute approximate surface area is 239 Å². The molecule has 13 heteroatoms. The second-order valence-corrected chi connectivity index (χ2v) is 10.8. The zero-order chi connectivity index (χ0) is 29.7. The standard InChI is InChI=1S/C28H39N9O4/c1-34(2)12-8-11-29-26(39)21-13-20(16-35(21)3)31-28(41)24-32-23(17-37(24)5)33-27(40)22-14-19(15-36(22)4)30-25(38)18-9-6-7-10-18/h13-18H,6-12H2,1-5H3,(H,29,39)(H,30,38)(H,31,41)(H,33,40). The fourth-order valence-electron chi connectivity index (χ4n) is 4.94. The monoisotopic (exact) mass is 565 g/mol. The molecule has 1 saturated carbocycles. The Bertz CT molecular complexity index is 1430. The third-order valence-corrected chi connectivity index (χ3v) is 7.12. The van der Waals surface area contributed by atoms with Gasteiger partial charge in [-0.15, -0.1) is 0 Å². The quantitative estimate of drug-likeness (QED) is 0.263. The molecule has 3 aromatic rings. The van der Waals surface area contributed by atoms with Gasteiger partial charge in [0.25, 0.3) is 17.7 Å². The highest BCUT2D eigenvalue weighted by Crippen LogP contribution is 2.26. The molecule has 0 radical (unpaired) electrons. The molecule has 3 heterocycles. The summed E-state index contributed by atoms with van der Waals surface area (Å²) >= 11 is 0. The number of hydrogen-bond donors (Lipinski definition) is 4. The van der Waals surface area contributed by atoms with E-state index in [1.165, 1.54) is 10.8 Å². The Morgan fingerprint density at radius 1 is 0.829 bits per heavy atom. The molecule has 0 spiro atoms. The summed E-state index contributed by atoms with van der Waals surface area (Å²) in [5, 5.41) is 11.3. The lowest BCUT2D eigenvalue weighted by molar-refractivity contribution is -0.119. The topological polar surface area (TPSA) is 147 Å². The van der Waals surface area contributed by atoms with E-state index in [2.05, 4.69) is 26.3 Å². The van der Waals surface area contributed by atoms with Gasteiger partial charge in [0.15, 0.2) is 5.82 Å². The fraction of sp³-hybridized carbons (Fsp3) is 0.464. The van der Waals surface area contributed by atoms with Gasteiger partial charge in [-0.25, -0.2) is 4.98 Å². The van der Waals surface area contributed by atoms with Crippen LogP contribution in [0.2, 0.25) is 0 Å². The third kappa shape index (κ3) is 7.42. The van der Waals surface area contributed by atoms with Crippen molar-refractivity contribution < 1.29 is 19.2 Å². The van der Waals surface area contributed by atoms with Crippen molar-refractivity contribution in [3.63, 3.8) is 0 Å². The van der Waals surface area contributed by atoms with Crippen molar-refractivity contribution in [2.75, 3.05) is 43.1 Å². The Balaban J connectivity index is 1.35. The number of hydrogen-bond acceptors (Lipinski definition) is 6. The number of rotatable bonds is 11. The van der Waals surface area contributed by atoms with E-state index in [1.807, 2.05) is 19.0 Å². The molecule has 4 amide bonds. The molecule has 1 fully saturated rings. The summed E-state index contributed by atoms with van der Waals surface area (Å²) in [5.41, 5.74) is 1.75. The summed E-state index contributed by atoms with van der Waals surface area (Å²) in [6, 6.07) is 3.22. The maximum Gasteiger partial charge on any atom is 0.291 e. The molecule has 0 saturated heterocycles. The minimum atomic E-state index is -0.493.